The van der Waals surface area contributed by atoms with Crippen molar-refractivity contribution < 1.29 is 21.6 Å². The Morgan fingerprint density at radius 3 is 2.16 bits per heavy atom. The van der Waals surface area contributed by atoms with Crippen molar-refractivity contribution in [1.82, 2.24) is 10.3 Å². The first kappa shape index (κ1) is 22.9. The van der Waals surface area contributed by atoms with E-state index >= 15 is 0 Å². The molecule has 3 N–H and O–H groups in total. The molecule has 0 unspecified atom stereocenters. The van der Waals surface area contributed by atoms with Gasteiger partial charge in [0.1, 0.15) is 4.21 Å². The van der Waals surface area contributed by atoms with Crippen molar-refractivity contribution in [2.75, 3.05) is 4.72 Å². The van der Waals surface area contributed by atoms with Crippen LogP contribution in [0.5, 0.6) is 0 Å². The number of sulfonamides is 2. The molecular weight excluding hydrogens is 458 g/mol. The summed E-state index contributed by atoms with van der Waals surface area (Å²) in [5.74, 6) is -0.564. The molecule has 8 nitrogen and oxygen atoms in total. The lowest BCUT2D eigenvalue weighted by Crippen LogP contribution is -2.41. The summed E-state index contributed by atoms with van der Waals surface area (Å²) in [5.41, 5.74) is 3.09. The maximum absolute atomic E-state index is 12.6. The molecule has 3 aromatic rings. The van der Waals surface area contributed by atoms with Gasteiger partial charge < -0.3 is 0 Å². The number of anilines is 1. The van der Waals surface area contributed by atoms with Crippen molar-refractivity contribution in [2.45, 2.75) is 28.9 Å². The van der Waals surface area contributed by atoms with E-state index in [1.807, 2.05) is 18.7 Å². The van der Waals surface area contributed by atoms with E-state index in [9.17, 15) is 21.6 Å². The van der Waals surface area contributed by atoms with Gasteiger partial charge in [-0.15, -0.1) is 16.2 Å². The summed E-state index contributed by atoms with van der Waals surface area (Å²) in [4.78, 5) is 14.6. The van der Waals surface area contributed by atoms with E-state index < -0.39 is 26.0 Å². The van der Waals surface area contributed by atoms with Crippen LogP contribution in [-0.2, 0) is 20.0 Å². The Balaban J connectivity index is 1.75. The number of rotatable bonds is 8. The van der Waals surface area contributed by atoms with E-state index in [-0.39, 0.29) is 26.3 Å². The molecule has 11 heteroatoms. The fourth-order valence-corrected chi connectivity index (χ4v) is 5.57. The zero-order valence-corrected chi connectivity index (χ0v) is 19.1. The molecule has 3 rings (SSSR count). The van der Waals surface area contributed by atoms with E-state index in [2.05, 4.69) is 10.1 Å². The number of hydrazine groups is 1. The van der Waals surface area contributed by atoms with E-state index in [0.717, 1.165) is 16.9 Å². The number of amides is 1. The van der Waals surface area contributed by atoms with Crippen molar-refractivity contribution >= 4 is 43.0 Å². The number of benzene rings is 2. The third-order valence-corrected chi connectivity index (χ3v) is 8.36. The lowest BCUT2D eigenvalue weighted by atomic mass is 10.0. The second-order valence-electron chi connectivity index (χ2n) is 6.87. The highest BCUT2D eigenvalue weighted by atomic mass is 32.2. The molecule has 0 fully saturated rings. The second-order valence-corrected chi connectivity index (χ2v) is 11.4. The molecular formula is C20H21N3O5S3. The molecule has 0 bridgehead atoms. The van der Waals surface area contributed by atoms with E-state index in [4.69, 9.17) is 0 Å². The minimum atomic E-state index is -4.01. The fraction of sp³-hybridized carbons (Fsp3) is 0.150. The maximum Gasteiger partial charge on any atom is 0.271 e. The topological polar surface area (TPSA) is 121 Å². The van der Waals surface area contributed by atoms with Crippen molar-refractivity contribution in [3.8, 4) is 0 Å². The van der Waals surface area contributed by atoms with Gasteiger partial charge in [0.15, 0.2) is 0 Å². The van der Waals surface area contributed by atoms with Crippen LogP contribution in [0, 0.1) is 0 Å². The van der Waals surface area contributed by atoms with Gasteiger partial charge >= 0.3 is 0 Å². The van der Waals surface area contributed by atoms with Crippen molar-refractivity contribution in [1.29, 1.82) is 0 Å². The average molecular weight is 480 g/mol. The Morgan fingerprint density at radius 1 is 0.871 bits per heavy atom. The minimum absolute atomic E-state index is 0.0103. The highest BCUT2D eigenvalue weighted by molar-refractivity contribution is 7.94. The highest BCUT2D eigenvalue weighted by Gasteiger charge is 2.21. The first-order valence-corrected chi connectivity index (χ1v) is 13.0. The molecule has 0 aliphatic heterocycles. The lowest BCUT2D eigenvalue weighted by molar-refractivity contribution is 0.0946. The lowest BCUT2D eigenvalue weighted by Gasteiger charge is -2.13. The van der Waals surface area contributed by atoms with Crippen LogP contribution in [0.1, 0.15) is 35.7 Å². The smallest absolute Gasteiger partial charge is 0.271 e. The zero-order valence-electron chi connectivity index (χ0n) is 16.7. The van der Waals surface area contributed by atoms with E-state index in [0.29, 0.717) is 0 Å². The number of para-hydroxylation sites is 1. The van der Waals surface area contributed by atoms with Gasteiger partial charge in [-0.2, -0.15) is 0 Å². The zero-order chi connectivity index (χ0) is 22.6. The summed E-state index contributed by atoms with van der Waals surface area (Å²) in [6.45, 7) is 3.98. The predicted octanol–water partition coefficient (Wildman–Crippen LogP) is 3.30. The molecule has 0 aliphatic carbocycles. The van der Waals surface area contributed by atoms with Gasteiger partial charge in [0.2, 0.25) is 0 Å². The van der Waals surface area contributed by atoms with Crippen LogP contribution in [0.4, 0.5) is 5.69 Å². The molecule has 1 amide bonds. The van der Waals surface area contributed by atoms with Gasteiger partial charge in [0.05, 0.1) is 16.1 Å². The first-order chi connectivity index (χ1) is 14.6. The predicted molar refractivity (Wildman–Crippen MR) is 120 cm³/mol. The molecule has 0 atom stereocenters. The van der Waals surface area contributed by atoms with Gasteiger partial charge in [-0.05, 0) is 47.2 Å². The minimum Gasteiger partial charge on any atom is -0.278 e. The Bertz CT molecular complexity index is 1270. The molecule has 1 heterocycles. The van der Waals surface area contributed by atoms with Crippen LogP contribution in [-0.4, -0.2) is 22.7 Å². The van der Waals surface area contributed by atoms with E-state index in [1.54, 1.807) is 29.6 Å². The molecule has 1 aromatic heterocycles. The molecule has 0 saturated heterocycles. The summed E-state index contributed by atoms with van der Waals surface area (Å²) in [7, 11) is -7.88. The SMILES string of the molecule is CC(C)c1ccc(S(=O)(=O)NNC(=O)c2ccccc2NS(=O)(=O)c2cccs2)cc1. The molecule has 31 heavy (non-hydrogen) atoms. The molecule has 0 radical (unpaired) electrons. The summed E-state index contributed by atoms with van der Waals surface area (Å²) in [5, 5.41) is 1.62. The number of hydrogen-bond donors (Lipinski definition) is 3. The highest BCUT2D eigenvalue weighted by Crippen LogP contribution is 2.23. The number of carbonyl (C=O) groups is 1. The summed E-state index contributed by atoms with van der Waals surface area (Å²) in [6, 6.07) is 15.2. The molecule has 0 spiro atoms. The molecule has 0 aliphatic rings. The largest absolute Gasteiger partial charge is 0.278 e. The van der Waals surface area contributed by atoms with Crippen LogP contribution in [0.15, 0.2) is 75.1 Å². The first-order valence-electron chi connectivity index (χ1n) is 9.17. The van der Waals surface area contributed by atoms with Gasteiger partial charge in [0.25, 0.3) is 26.0 Å². The van der Waals surface area contributed by atoms with Crippen LogP contribution >= 0.6 is 11.3 Å². The quantitative estimate of drug-likeness (QED) is 0.428. The third-order valence-electron chi connectivity index (χ3n) is 4.33. The Hall–Kier alpha value is -2.73. The fourth-order valence-electron chi connectivity index (χ4n) is 2.65. The number of thiophene rings is 1. The molecule has 164 valence electrons. The van der Waals surface area contributed by atoms with Gasteiger partial charge in [-0.1, -0.05) is 44.2 Å². The number of hydrogen-bond acceptors (Lipinski definition) is 6. The summed E-state index contributed by atoms with van der Waals surface area (Å²) >= 11 is 1.03. The van der Waals surface area contributed by atoms with E-state index in [1.165, 1.54) is 36.4 Å². The summed E-state index contributed by atoms with van der Waals surface area (Å²) in [6.07, 6.45) is 0. The molecule has 2 aromatic carbocycles. The van der Waals surface area contributed by atoms with Crippen LogP contribution in [0.25, 0.3) is 0 Å². The Labute approximate surface area is 185 Å². The van der Waals surface area contributed by atoms with Crippen LogP contribution < -0.4 is 15.0 Å². The number of nitrogens with one attached hydrogen (secondary N) is 3. The Kier molecular flexibility index (Phi) is 6.80. The van der Waals surface area contributed by atoms with Crippen molar-refractivity contribution in [3.63, 3.8) is 0 Å². The summed E-state index contributed by atoms with van der Waals surface area (Å²) < 4.78 is 52.4. The average Bonchev–Trinajstić information content (AvgIpc) is 3.28. The van der Waals surface area contributed by atoms with Gasteiger partial charge in [-0.3, -0.25) is 14.9 Å². The van der Waals surface area contributed by atoms with Gasteiger partial charge in [-0.25, -0.2) is 16.8 Å². The standard InChI is InChI=1S/C20H21N3O5S3/c1-14(2)15-9-11-16(12-10-15)30(25,26)23-21-20(24)17-6-3-4-7-18(17)22-31(27,28)19-8-5-13-29-19/h3-14,22-23H,1-2H3,(H,21,24). The Morgan fingerprint density at radius 2 is 1.55 bits per heavy atom. The monoisotopic (exact) mass is 479 g/mol. The van der Waals surface area contributed by atoms with Crippen LogP contribution in [0.2, 0.25) is 0 Å². The molecule has 0 saturated carbocycles. The maximum atomic E-state index is 12.6. The van der Waals surface area contributed by atoms with Crippen LogP contribution in [0.3, 0.4) is 0 Å². The second kappa shape index (κ2) is 9.18. The normalized spacial score (nSPS) is 12.0. The van der Waals surface area contributed by atoms with Gasteiger partial charge in [0, 0.05) is 0 Å². The van der Waals surface area contributed by atoms with Crippen molar-refractivity contribution in [3.05, 3.63) is 77.2 Å². The number of carbonyl (C=O) groups excluding carboxylic acids is 1. The van der Waals surface area contributed by atoms with Crippen molar-refractivity contribution in [2.24, 2.45) is 0 Å². The third kappa shape index (κ3) is 5.50.